The summed E-state index contributed by atoms with van der Waals surface area (Å²) < 4.78 is 27.7. The summed E-state index contributed by atoms with van der Waals surface area (Å²) >= 11 is 3.02. The van der Waals surface area contributed by atoms with Crippen LogP contribution in [0.2, 0.25) is 0 Å². The molecule has 1 aromatic heterocycles. The van der Waals surface area contributed by atoms with Crippen LogP contribution in [-0.2, 0) is 0 Å². The van der Waals surface area contributed by atoms with Gasteiger partial charge in [-0.15, -0.1) is 10.2 Å². The van der Waals surface area contributed by atoms with E-state index in [0.717, 1.165) is 13.0 Å². The minimum absolute atomic E-state index is 0.165. The molecule has 2 aromatic rings. The third kappa shape index (κ3) is 3.07. The molecule has 0 radical (unpaired) electrons. The molecule has 3 nitrogen and oxygen atoms in total. The molecule has 1 heterocycles. The monoisotopic (exact) mass is 327 g/mol. The highest BCUT2D eigenvalue weighted by atomic mass is 79.9. The van der Waals surface area contributed by atoms with E-state index in [1.807, 2.05) is 6.92 Å². The van der Waals surface area contributed by atoms with E-state index in [9.17, 15) is 8.78 Å². The second-order valence-electron chi connectivity index (χ2n) is 3.95. The number of halogens is 3. The smallest absolute Gasteiger partial charge is 0.149 e. The molecule has 0 amide bonds. The van der Waals surface area contributed by atoms with Crippen LogP contribution in [0, 0.1) is 11.6 Å². The van der Waals surface area contributed by atoms with Gasteiger partial charge in [-0.05, 0) is 46.6 Å². The maximum Gasteiger partial charge on any atom is 0.149 e. The first-order chi connectivity index (χ1) is 9.13. The number of benzene rings is 1. The summed E-state index contributed by atoms with van der Waals surface area (Å²) in [4.78, 5) is 0. The zero-order valence-electron chi connectivity index (χ0n) is 10.3. The van der Waals surface area contributed by atoms with Gasteiger partial charge in [0.25, 0.3) is 0 Å². The summed E-state index contributed by atoms with van der Waals surface area (Å²) in [5.74, 6) is -0.755. The summed E-state index contributed by atoms with van der Waals surface area (Å²) in [7, 11) is 0. The van der Waals surface area contributed by atoms with Crippen LogP contribution in [-0.4, -0.2) is 16.7 Å². The summed E-state index contributed by atoms with van der Waals surface area (Å²) in [6.07, 6.45) is 0.957. The standard InChI is InChI=1S/C13H12BrF2N3/c1-2-7-17-11-6-5-10(18-19-11)12-9(15)4-3-8(14)13(12)16/h3-6H,2,7H2,1H3,(H,17,19). The van der Waals surface area contributed by atoms with Crippen LogP contribution in [0.15, 0.2) is 28.7 Å². The zero-order chi connectivity index (χ0) is 13.8. The first kappa shape index (κ1) is 13.9. The highest BCUT2D eigenvalue weighted by molar-refractivity contribution is 9.10. The molecule has 0 saturated heterocycles. The first-order valence-electron chi connectivity index (χ1n) is 5.85. The fourth-order valence-electron chi connectivity index (χ4n) is 1.57. The Balaban J connectivity index is 2.35. The van der Waals surface area contributed by atoms with Crippen LogP contribution >= 0.6 is 15.9 Å². The van der Waals surface area contributed by atoms with Gasteiger partial charge >= 0.3 is 0 Å². The average Bonchev–Trinajstić information content (AvgIpc) is 2.42. The molecule has 0 fully saturated rings. The van der Waals surface area contributed by atoms with Crippen LogP contribution < -0.4 is 5.32 Å². The summed E-state index contributed by atoms with van der Waals surface area (Å²) in [6.45, 7) is 2.80. The van der Waals surface area contributed by atoms with Gasteiger partial charge in [-0.2, -0.15) is 0 Å². The van der Waals surface area contributed by atoms with Crippen LogP contribution in [0.5, 0.6) is 0 Å². The average molecular weight is 328 g/mol. The Hall–Kier alpha value is -1.56. The number of hydrogen-bond donors (Lipinski definition) is 1. The van der Waals surface area contributed by atoms with Gasteiger partial charge in [0.2, 0.25) is 0 Å². The van der Waals surface area contributed by atoms with Crippen molar-refractivity contribution in [3.05, 3.63) is 40.4 Å². The predicted molar refractivity (Wildman–Crippen MR) is 73.9 cm³/mol. The second kappa shape index (κ2) is 6.06. The van der Waals surface area contributed by atoms with E-state index in [1.165, 1.54) is 12.1 Å². The van der Waals surface area contributed by atoms with Crippen molar-refractivity contribution in [3.8, 4) is 11.3 Å². The third-order valence-electron chi connectivity index (χ3n) is 2.52. The Kier molecular flexibility index (Phi) is 4.42. The van der Waals surface area contributed by atoms with E-state index in [1.54, 1.807) is 12.1 Å². The lowest BCUT2D eigenvalue weighted by Gasteiger charge is -2.07. The van der Waals surface area contributed by atoms with Gasteiger partial charge in [0.15, 0.2) is 0 Å². The van der Waals surface area contributed by atoms with Crippen molar-refractivity contribution < 1.29 is 8.78 Å². The van der Waals surface area contributed by atoms with Gasteiger partial charge in [0.1, 0.15) is 17.5 Å². The molecular formula is C13H12BrF2N3. The Morgan fingerprint density at radius 2 is 1.95 bits per heavy atom. The van der Waals surface area contributed by atoms with Gasteiger partial charge in [-0.25, -0.2) is 8.78 Å². The lowest BCUT2D eigenvalue weighted by atomic mass is 10.1. The van der Waals surface area contributed by atoms with Crippen molar-refractivity contribution in [2.75, 3.05) is 11.9 Å². The van der Waals surface area contributed by atoms with Crippen molar-refractivity contribution in [1.82, 2.24) is 10.2 Å². The van der Waals surface area contributed by atoms with Crippen molar-refractivity contribution >= 4 is 21.7 Å². The fraction of sp³-hybridized carbons (Fsp3) is 0.231. The second-order valence-corrected chi connectivity index (χ2v) is 4.80. The molecule has 0 atom stereocenters. The molecular weight excluding hydrogens is 316 g/mol. The molecule has 0 spiro atoms. The molecule has 0 aliphatic carbocycles. The first-order valence-corrected chi connectivity index (χ1v) is 6.64. The largest absolute Gasteiger partial charge is 0.369 e. The van der Waals surface area contributed by atoms with Gasteiger partial charge in [-0.3, -0.25) is 0 Å². The SMILES string of the molecule is CCCNc1ccc(-c2c(F)ccc(Br)c2F)nn1. The molecule has 0 saturated carbocycles. The third-order valence-corrected chi connectivity index (χ3v) is 3.13. The number of anilines is 1. The number of hydrogen-bond acceptors (Lipinski definition) is 3. The van der Waals surface area contributed by atoms with E-state index in [4.69, 9.17) is 0 Å². The molecule has 0 unspecified atom stereocenters. The summed E-state index contributed by atoms with van der Waals surface area (Å²) in [5.41, 5.74) is -0.0118. The van der Waals surface area contributed by atoms with Crippen LogP contribution in [0.3, 0.4) is 0 Å². The van der Waals surface area contributed by atoms with E-state index < -0.39 is 11.6 Å². The highest BCUT2D eigenvalue weighted by Crippen LogP contribution is 2.29. The molecule has 1 N–H and O–H groups in total. The van der Waals surface area contributed by atoms with E-state index in [0.29, 0.717) is 5.82 Å². The Morgan fingerprint density at radius 3 is 2.58 bits per heavy atom. The van der Waals surface area contributed by atoms with Crippen molar-refractivity contribution in [2.24, 2.45) is 0 Å². The maximum absolute atomic E-state index is 13.9. The summed E-state index contributed by atoms with van der Waals surface area (Å²) in [5, 5.41) is 10.8. The number of nitrogens with zero attached hydrogens (tertiary/aromatic N) is 2. The number of aromatic nitrogens is 2. The minimum atomic E-state index is -0.677. The molecule has 19 heavy (non-hydrogen) atoms. The molecule has 0 aliphatic heterocycles. The lowest BCUT2D eigenvalue weighted by molar-refractivity contribution is 0.584. The van der Waals surface area contributed by atoms with Crippen LogP contribution in [0.4, 0.5) is 14.6 Å². The van der Waals surface area contributed by atoms with Crippen molar-refractivity contribution in [2.45, 2.75) is 13.3 Å². The number of rotatable bonds is 4. The van der Waals surface area contributed by atoms with Crippen molar-refractivity contribution in [3.63, 3.8) is 0 Å². The minimum Gasteiger partial charge on any atom is -0.369 e. The quantitative estimate of drug-likeness (QED) is 0.862. The van der Waals surface area contributed by atoms with Crippen molar-refractivity contribution in [1.29, 1.82) is 0 Å². The van der Waals surface area contributed by atoms with Crippen LogP contribution in [0.1, 0.15) is 13.3 Å². The topological polar surface area (TPSA) is 37.8 Å². The maximum atomic E-state index is 13.9. The Morgan fingerprint density at radius 1 is 1.16 bits per heavy atom. The van der Waals surface area contributed by atoms with E-state index in [-0.39, 0.29) is 15.7 Å². The molecule has 100 valence electrons. The fourth-order valence-corrected chi connectivity index (χ4v) is 1.91. The van der Waals surface area contributed by atoms with E-state index >= 15 is 0 Å². The molecule has 6 heteroatoms. The predicted octanol–water partition coefficient (Wildman–Crippen LogP) is 4.01. The van der Waals surface area contributed by atoms with Gasteiger partial charge in [-0.1, -0.05) is 6.92 Å². The van der Waals surface area contributed by atoms with Crippen LogP contribution in [0.25, 0.3) is 11.3 Å². The highest BCUT2D eigenvalue weighted by Gasteiger charge is 2.15. The van der Waals surface area contributed by atoms with Gasteiger partial charge in [0.05, 0.1) is 15.7 Å². The molecule has 0 aliphatic rings. The Labute approximate surface area is 118 Å². The number of nitrogens with one attached hydrogen (secondary N) is 1. The van der Waals surface area contributed by atoms with E-state index in [2.05, 4.69) is 31.4 Å². The lowest BCUT2D eigenvalue weighted by Crippen LogP contribution is -2.03. The molecule has 1 aromatic carbocycles. The molecule has 0 bridgehead atoms. The Bertz CT molecular complexity index is 573. The van der Waals surface area contributed by atoms with Gasteiger partial charge < -0.3 is 5.32 Å². The normalized spacial score (nSPS) is 10.5. The summed E-state index contributed by atoms with van der Waals surface area (Å²) in [6, 6.07) is 5.70. The van der Waals surface area contributed by atoms with Gasteiger partial charge in [0, 0.05) is 6.54 Å². The molecule has 2 rings (SSSR count). The zero-order valence-corrected chi connectivity index (χ0v) is 11.8.